The van der Waals surface area contributed by atoms with Crippen LogP contribution >= 0.6 is 0 Å². The summed E-state index contributed by atoms with van der Waals surface area (Å²) in [4.78, 5) is 14.6. The fourth-order valence-corrected chi connectivity index (χ4v) is 5.32. The third-order valence-corrected chi connectivity index (χ3v) is 7.41. The first-order valence-electron chi connectivity index (χ1n) is 10.6. The van der Waals surface area contributed by atoms with E-state index in [0.29, 0.717) is 30.5 Å². The minimum absolute atomic E-state index is 0.0519. The molecule has 10 nitrogen and oxygen atoms in total. The Balaban J connectivity index is 1.89. The second-order valence-electron chi connectivity index (χ2n) is 7.58. The Morgan fingerprint density at radius 1 is 0.941 bits per heavy atom. The number of ether oxygens (including phenoxy) is 5. The van der Waals surface area contributed by atoms with E-state index in [9.17, 15) is 13.2 Å². The van der Waals surface area contributed by atoms with E-state index in [4.69, 9.17) is 23.7 Å². The number of benzene rings is 2. The van der Waals surface area contributed by atoms with Gasteiger partial charge in [-0.15, -0.1) is 0 Å². The molecule has 11 heteroatoms. The zero-order chi connectivity index (χ0) is 24.9. The molecule has 0 N–H and O–H groups in total. The Morgan fingerprint density at radius 2 is 1.53 bits per heavy atom. The van der Waals surface area contributed by atoms with Crippen LogP contribution in [0.4, 0.5) is 0 Å². The fourth-order valence-electron chi connectivity index (χ4n) is 3.73. The van der Waals surface area contributed by atoms with Crippen molar-refractivity contribution in [1.82, 2.24) is 9.21 Å². The number of hydrogen-bond acceptors (Lipinski definition) is 8. The number of carbonyl (C=O) groups excluding carboxylic acids is 1. The first-order chi connectivity index (χ1) is 16.3. The van der Waals surface area contributed by atoms with Crippen LogP contribution in [0.5, 0.6) is 23.0 Å². The van der Waals surface area contributed by atoms with E-state index >= 15 is 0 Å². The molecule has 2 aromatic carbocycles. The first kappa shape index (κ1) is 25.6. The highest BCUT2D eigenvalue weighted by molar-refractivity contribution is 7.89. The molecule has 1 fully saturated rings. The van der Waals surface area contributed by atoms with Crippen molar-refractivity contribution in [3.63, 3.8) is 0 Å². The van der Waals surface area contributed by atoms with Crippen molar-refractivity contribution >= 4 is 15.9 Å². The topological polar surface area (TPSA) is 104 Å². The highest BCUT2D eigenvalue weighted by Crippen LogP contribution is 2.38. The summed E-state index contributed by atoms with van der Waals surface area (Å²) in [5.74, 6) is 1.23. The Morgan fingerprint density at radius 3 is 2.06 bits per heavy atom. The third-order valence-electron chi connectivity index (χ3n) is 5.49. The van der Waals surface area contributed by atoms with E-state index in [-0.39, 0.29) is 41.7 Å². The molecule has 1 saturated heterocycles. The Kier molecular flexibility index (Phi) is 8.24. The fraction of sp³-hybridized carbons (Fsp3) is 0.435. The van der Waals surface area contributed by atoms with E-state index < -0.39 is 10.0 Å². The van der Waals surface area contributed by atoms with Gasteiger partial charge in [-0.05, 0) is 35.9 Å². The second-order valence-corrected chi connectivity index (χ2v) is 9.48. The molecule has 0 saturated carbocycles. The van der Waals surface area contributed by atoms with Crippen molar-refractivity contribution in [2.45, 2.75) is 11.4 Å². The van der Waals surface area contributed by atoms with E-state index in [1.54, 1.807) is 25.2 Å². The van der Waals surface area contributed by atoms with Gasteiger partial charge >= 0.3 is 0 Å². The maximum atomic E-state index is 13.2. The van der Waals surface area contributed by atoms with Gasteiger partial charge in [0.2, 0.25) is 15.8 Å². The SMILES string of the molecule is COc1ccc(C(=O)N(C)Cc2cc(OC)c(OC)c(OC)c2)cc1S(=O)(=O)N1CCOCC1. The predicted molar refractivity (Wildman–Crippen MR) is 124 cm³/mol. The summed E-state index contributed by atoms with van der Waals surface area (Å²) in [7, 11) is 3.72. The minimum atomic E-state index is -3.86. The summed E-state index contributed by atoms with van der Waals surface area (Å²) < 4.78 is 54.4. The lowest BCUT2D eigenvalue weighted by Crippen LogP contribution is -2.40. The van der Waals surface area contributed by atoms with Gasteiger partial charge in [-0.3, -0.25) is 4.79 Å². The number of carbonyl (C=O) groups is 1. The summed E-state index contributed by atoms with van der Waals surface area (Å²) >= 11 is 0. The number of rotatable bonds is 9. The van der Waals surface area contributed by atoms with Crippen molar-refractivity contribution in [1.29, 1.82) is 0 Å². The van der Waals surface area contributed by atoms with E-state index in [2.05, 4.69) is 0 Å². The zero-order valence-corrected chi connectivity index (χ0v) is 20.8. The van der Waals surface area contributed by atoms with Crippen molar-refractivity contribution in [3.05, 3.63) is 41.5 Å². The van der Waals surface area contributed by atoms with Crippen LogP contribution < -0.4 is 18.9 Å². The first-order valence-corrected chi connectivity index (χ1v) is 12.0. The van der Waals surface area contributed by atoms with Gasteiger partial charge in [-0.25, -0.2) is 8.42 Å². The molecule has 2 aromatic rings. The number of methoxy groups -OCH3 is 4. The molecule has 1 heterocycles. The zero-order valence-electron chi connectivity index (χ0n) is 20.0. The summed E-state index contributed by atoms with van der Waals surface area (Å²) in [5, 5.41) is 0. The number of amides is 1. The maximum Gasteiger partial charge on any atom is 0.253 e. The largest absolute Gasteiger partial charge is 0.495 e. The van der Waals surface area contributed by atoms with Crippen LogP contribution in [0.1, 0.15) is 15.9 Å². The Hall–Kier alpha value is -3.02. The van der Waals surface area contributed by atoms with E-state index in [1.807, 2.05) is 0 Å². The van der Waals surface area contributed by atoms with Gasteiger partial charge in [0, 0.05) is 32.2 Å². The molecule has 34 heavy (non-hydrogen) atoms. The van der Waals surface area contributed by atoms with Gasteiger partial charge in [0.05, 0.1) is 41.7 Å². The van der Waals surface area contributed by atoms with Gasteiger partial charge in [-0.1, -0.05) is 0 Å². The average molecular weight is 495 g/mol. The average Bonchev–Trinajstić information content (AvgIpc) is 2.87. The standard InChI is InChI=1S/C23H30N2O8S/c1-24(15-16-12-19(30-3)22(32-5)20(13-16)31-4)23(26)17-6-7-18(29-2)21(14-17)34(27,28)25-8-10-33-11-9-25/h6-7,12-14H,8-11,15H2,1-5H3. The molecule has 3 rings (SSSR count). The lowest BCUT2D eigenvalue weighted by molar-refractivity contribution is 0.0729. The molecule has 186 valence electrons. The molecule has 1 amide bonds. The lowest BCUT2D eigenvalue weighted by Gasteiger charge is -2.27. The highest BCUT2D eigenvalue weighted by atomic mass is 32.2. The number of hydrogen-bond donors (Lipinski definition) is 0. The smallest absolute Gasteiger partial charge is 0.253 e. The molecule has 1 aliphatic heterocycles. The Labute approximate surface area is 200 Å². The molecule has 0 aromatic heterocycles. The van der Waals surface area contributed by atoms with Crippen LogP contribution in [-0.4, -0.2) is 85.3 Å². The number of morpholine rings is 1. The van der Waals surface area contributed by atoms with Crippen molar-refractivity contribution in [3.8, 4) is 23.0 Å². The molecule has 0 aliphatic carbocycles. The van der Waals surface area contributed by atoms with E-state index in [1.165, 1.54) is 49.8 Å². The predicted octanol–water partition coefficient (Wildman–Crippen LogP) is 2.01. The molecule has 1 aliphatic rings. The molecule has 0 radical (unpaired) electrons. The minimum Gasteiger partial charge on any atom is -0.495 e. The quantitative estimate of drug-likeness (QED) is 0.522. The molecule has 0 bridgehead atoms. The molecule has 0 atom stereocenters. The van der Waals surface area contributed by atoms with Crippen LogP contribution in [0.2, 0.25) is 0 Å². The third kappa shape index (κ3) is 5.21. The normalized spacial score (nSPS) is 14.4. The summed E-state index contributed by atoms with van der Waals surface area (Å²) in [5.41, 5.74) is 0.975. The summed E-state index contributed by atoms with van der Waals surface area (Å²) in [6.45, 7) is 1.35. The monoisotopic (exact) mass is 494 g/mol. The number of sulfonamides is 1. The highest BCUT2D eigenvalue weighted by Gasteiger charge is 2.30. The van der Waals surface area contributed by atoms with Gasteiger partial charge < -0.3 is 28.6 Å². The number of nitrogens with zero attached hydrogens (tertiary/aromatic N) is 2. The Bertz CT molecular complexity index is 1100. The van der Waals surface area contributed by atoms with Crippen molar-refractivity contribution in [2.75, 3.05) is 61.8 Å². The van der Waals surface area contributed by atoms with Gasteiger partial charge in [0.1, 0.15) is 10.6 Å². The van der Waals surface area contributed by atoms with Crippen LogP contribution in [0, 0.1) is 0 Å². The van der Waals surface area contributed by atoms with Crippen molar-refractivity contribution in [2.24, 2.45) is 0 Å². The summed E-state index contributed by atoms with van der Waals surface area (Å²) in [6, 6.07) is 7.91. The van der Waals surface area contributed by atoms with Crippen molar-refractivity contribution < 1.29 is 36.9 Å². The van der Waals surface area contributed by atoms with Gasteiger partial charge in [-0.2, -0.15) is 4.31 Å². The van der Waals surface area contributed by atoms with Gasteiger partial charge in [0.15, 0.2) is 11.5 Å². The second kappa shape index (κ2) is 10.9. The molecule has 0 spiro atoms. The van der Waals surface area contributed by atoms with E-state index in [0.717, 1.165) is 5.56 Å². The molecule has 0 unspecified atom stereocenters. The van der Waals surface area contributed by atoms with Crippen LogP contribution in [-0.2, 0) is 21.3 Å². The lowest BCUT2D eigenvalue weighted by atomic mass is 10.1. The van der Waals surface area contributed by atoms with Crippen LogP contribution in [0.3, 0.4) is 0 Å². The molecular weight excluding hydrogens is 464 g/mol. The molecular formula is C23H30N2O8S. The van der Waals surface area contributed by atoms with Crippen LogP contribution in [0.25, 0.3) is 0 Å². The van der Waals surface area contributed by atoms with Crippen LogP contribution in [0.15, 0.2) is 35.2 Å². The summed E-state index contributed by atoms with van der Waals surface area (Å²) in [6.07, 6.45) is 0. The van der Waals surface area contributed by atoms with Gasteiger partial charge in [0.25, 0.3) is 5.91 Å². The maximum absolute atomic E-state index is 13.2.